The number of halogens is 1. The van der Waals surface area contributed by atoms with Crippen LogP contribution in [0.4, 0.5) is 0 Å². The van der Waals surface area contributed by atoms with E-state index in [1.54, 1.807) is 0 Å². The Morgan fingerprint density at radius 1 is 1.20 bits per heavy atom. The van der Waals surface area contributed by atoms with E-state index in [4.69, 9.17) is 0 Å². The molecule has 0 amide bonds. The van der Waals surface area contributed by atoms with Crippen molar-refractivity contribution in [3.63, 3.8) is 0 Å². The lowest BCUT2D eigenvalue weighted by Gasteiger charge is -1.99. The third kappa shape index (κ3) is 1.70. The Labute approximate surface area is 74.2 Å². The van der Waals surface area contributed by atoms with Crippen LogP contribution in [0.5, 0.6) is 0 Å². The second-order valence-electron chi connectivity index (χ2n) is 2.05. The lowest BCUT2D eigenvalue weighted by atomic mass is 10.1. The zero-order valence-electron chi connectivity index (χ0n) is 5.51. The molecular weight excluding hydrogens is 239 g/mol. The van der Waals surface area contributed by atoms with Crippen LogP contribution in [0, 0.1) is 0 Å². The Kier molecular flexibility index (Phi) is 3.15. The van der Waals surface area contributed by atoms with Gasteiger partial charge in [-0.2, -0.15) is 0 Å². The van der Waals surface area contributed by atoms with E-state index in [-0.39, 0.29) is 6.61 Å². The third-order valence-electron chi connectivity index (χ3n) is 1.42. The van der Waals surface area contributed by atoms with Gasteiger partial charge < -0.3 is 0 Å². The van der Waals surface area contributed by atoms with Gasteiger partial charge in [0, 0.05) is 4.43 Å². The predicted octanol–water partition coefficient (Wildman–Crippen LogP) is 2.55. The lowest BCUT2D eigenvalue weighted by Crippen LogP contribution is -1.87. The highest BCUT2D eigenvalue weighted by atomic mass is 127. The van der Waals surface area contributed by atoms with Gasteiger partial charge in [-0.3, -0.25) is 0 Å². The monoisotopic (exact) mass is 247 g/mol. The summed E-state index contributed by atoms with van der Waals surface area (Å²) < 4.78 is 0.927. The minimum Gasteiger partial charge on any atom is -0.232 e. The molecule has 0 saturated carbocycles. The van der Waals surface area contributed by atoms with Crippen molar-refractivity contribution in [3.05, 3.63) is 35.4 Å². The summed E-state index contributed by atoms with van der Waals surface area (Å²) in [6, 6.07) is 7.76. The predicted molar refractivity (Wildman–Crippen MR) is 48.6 cm³/mol. The average Bonchev–Trinajstić information content (AvgIpc) is 2.04. The first kappa shape index (κ1) is 8.01. The van der Waals surface area contributed by atoms with Gasteiger partial charge >= 0.3 is 0 Å². The van der Waals surface area contributed by atoms with Gasteiger partial charge in [-0.05, 0) is 11.1 Å². The van der Waals surface area contributed by atoms with Crippen LogP contribution in [0.2, 0.25) is 0 Å². The quantitative estimate of drug-likeness (QED) is 0.565. The van der Waals surface area contributed by atoms with Crippen LogP contribution < -0.4 is 0 Å². The van der Waals surface area contributed by atoms with Crippen molar-refractivity contribution in [3.8, 4) is 0 Å². The molecule has 2 heteroatoms. The number of rotatable bonds is 2. The Balaban J connectivity index is 2.96. The molecule has 0 bridgehead atoms. The molecule has 53 valence electrons. The lowest BCUT2D eigenvalue weighted by molar-refractivity contribution is 0.177. The van der Waals surface area contributed by atoms with Gasteiger partial charge in [-0.15, -0.1) is 0 Å². The van der Waals surface area contributed by atoms with Crippen LogP contribution in [0.25, 0.3) is 0 Å². The molecule has 0 N–H and O–H groups in total. The number of alkyl halides is 1. The van der Waals surface area contributed by atoms with Gasteiger partial charge in [0.1, 0.15) is 6.61 Å². The summed E-state index contributed by atoms with van der Waals surface area (Å²) in [5.74, 6) is 0. The van der Waals surface area contributed by atoms with E-state index in [9.17, 15) is 5.11 Å². The first-order valence-corrected chi connectivity index (χ1v) is 4.62. The normalized spacial score (nSPS) is 9.80. The number of benzene rings is 1. The molecule has 0 fully saturated rings. The average molecular weight is 247 g/mol. The molecule has 0 aliphatic rings. The van der Waals surface area contributed by atoms with Gasteiger partial charge in [0.25, 0.3) is 0 Å². The van der Waals surface area contributed by atoms with Crippen molar-refractivity contribution < 1.29 is 5.11 Å². The largest absolute Gasteiger partial charge is 0.232 e. The molecule has 1 rings (SSSR count). The van der Waals surface area contributed by atoms with E-state index in [1.165, 1.54) is 0 Å². The minimum atomic E-state index is -0.0980. The maximum atomic E-state index is 10.5. The van der Waals surface area contributed by atoms with Crippen molar-refractivity contribution in [2.45, 2.75) is 11.0 Å². The van der Waals surface area contributed by atoms with Crippen molar-refractivity contribution >= 4 is 22.6 Å². The van der Waals surface area contributed by atoms with Crippen LogP contribution in [0.15, 0.2) is 24.3 Å². The fourth-order valence-corrected chi connectivity index (χ4v) is 1.57. The molecule has 0 heterocycles. The van der Waals surface area contributed by atoms with Gasteiger partial charge in [0.05, 0.1) is 0 Å². The number of hydrogen-bond donors (Lipinski definition) is 0. The van der Waals surface area contributed by atoms with Crippen LogP contribution in [-0.2, 0) is 16.1 Å². The smallest absolute Gasteiger partial charge is 0.108 e. The molecule has 0 aliphatic heterocycles. The molecule has 1 nitrogen and oxygen atoms in total. The molecule has 0 spiro atoms. The fraction of sp³-hybridized carbons (Fsp3) is 0.250. The van der Waals surface area contributed by atoms with E-state index in [2.05, 4.69) is 22.6 Å². The van der Waals surface area contributed by atoms with Crippen molar-refractivity contribution in [1.82, 2.24) is 0 Å². The summed E-state index contributed by atoms with van der Waals surface area (Å²) in [6.07, 6.45) is 0. The van der Waals surface area contributed by atoms with Crippen molar-refractivity contribution in [1.29, 1.82) is 0 Å². The van der Waals surface area contributed by atoms with E-state index in [0.717, 1.165) is 15.6 Å². The highest BCUT2D eigenvalue weighted by molar-refractivity contribution is 14.1. The van der Waals surface area contributed by atoms with Crippen LogP contribution in [0.1, 0.15) is 11.1 Å². The highest BCUT2D eigenvalue weighted by Gasteiger charge is 1.96. The van der Waals surface area contributed by atoms with Crippen LogP contribution in [-0.4, -0.2) is 0 Å². The SMILES string of the molecule is [O]Cc1ccccc1CI. The molecule has 0 saturated heterocycles. The van der Waals surface area contributed by atoms with Gasteiger partial charge in [-0.1, -0.05) is 46.9 Å². The molecular formula is C8H8IO. The number of hydrogen-bond acceptors (Lipinski definition) is 0. The standard InChI is InChI=1S/C8H8IO/c9-5-7-3-1-2-4-8(7)6-10/h1-4H,5-6H2. The van der Waals surface area contributed by atoms with E-state index < -0.39 is 0 Å². The summed E-state index contributed by atoms with van der Waals surface area (Å²) >= 11 is 2.26. The van der Waals surface area contributed by atoms with Gasteiger partial charge in [0.2, 0.25) is 0 Å². The molecule has 0 aromatic heterocycles. The highest BCUT2D eigenvalue weighted by Crippen LogP contribution is 2.11. The molecule has 0 aliphatic carbocycles. The Morgan fingerprint density at radius 2 is 1.80 bits per heavy atom. The van der Waals surface area contributed by atoms with Crippen LogP contribution in [0.3, 0.4) is 0 Å². The molecule has 1 radical (unpaired) electrons. The molecule has 1 aromatic rings. The molecule has 1 aromatic carbocycles. The zero-order chi connectivity index (χ0) is 7.40. The summed E-state index contributed by atoms with van der Waals surface area (Å²) in [5, 5.41) is 10.5. The van der Waals surface area contributed by atoms with Crippen molar-refractivity contribution in [2.24, 2.45) is 0 Å². The summed E-state index contributed by atoms with van der Waals surface area (Å²) in [4.78, 5) is 0. The van der Waals surface area contributed by atoms with Gasteiger partial charge in [-0.25, -0.2) is 5.11 Å². The first-order valence-electron chi connectivity index (χ1n) is 3.09. The summed E-state index contributed by atoms with van der Waals surface area (Å²) in [6.45, 7) is -0.0980. The minimum absolute atomic E-state index is 0.0980. The topological polar surface area (TPSA) is 19.9 Å². The Morgan fingerprint density at radius 3 is 2.20 bits per heavy atom. The third-order valence-corrected chi connectivity index (χ3v) is 2.24. The second kappa shape index (κ2) is 3.93. The fourth-order valence-electron chi connectivity index (χ4n) is 0.829. The van der Waals surface area contributed by atoms with E-state index in [1.807, 2.05) is 24.3 Å². The molecule has 0 atom stereocenters. The Bertz CT molecular complexity index is 187. The summed E-state index contributed by atoms with van der Waals surface area (Å²) in [5.41, 5.74) is 2.09. The van der Waals surface area contributed by atoms with E-state index in [0.29, 0.717) is 0 Å². The molecule has 0 unspecified atom stereocenters. The first-order chi connectivity index (χ1) is 4.88. The molecule has 10 heavy (non-hydrogen) atoms. The zero-order valence-corrected chi connectivity index (χ0v) is 7.67. The van der Waals surface area contributed by atoms with Crippen molar-refractivity contribution in [2.75, 3.05) is 0 Å². The van der Waals surface area contributed by atoms with Crippen LogP contribution >= 0.6 is 22.6 Å². The second-order valence-corrected chi connectivity index (χ2v) is 2.81. The Hall–Kier alpha value is -0.0900. The maximum Gasteiger partial charge on any atom is 0.108 e. The van der Waals surface area contributed by atoms with E-state index >= 15 is 0 Å². The maximum absolute atomic E-state index is 10.5. The van der Waals surface area contributed by atoms with Gasteiger partial charge in [0.15, 0.2) is 0 Å². The summed E-state index contributed by atoms with van der Waals surface area (Å²) in [7, 11) is 0.